The highest BCUT2D eigenvalue weighted by atomic mass is 15.4. The van der Waals surface area contributed by atoms with Crippen LogP contribution in [0.15, 0.2) is 85.2 Å². The van der Waals surface area contributed by atoms with Crippen molar-refractivity contribution in [1.29, 1.82) is 0 Å². The van der Waals surface area contributed by atoms with Crippen molar-refractivity contribution in [3.05, 3.63) is 102 Å². The summed E-state index contributed by atoms with van der Waals surface area (Å²) in [6.45, 7) is 0.835. The van der Waals surface area contributed by atoms with Crippen LogP contribution in [0.25, 0.3) is 0 Å². The van der Waals surface area contributed by atoms with E-state index in [4.69, 9.17) is 0 Å². The van der Waals surface area contributed by atoms with Gasteiger partial charge in [0.05, 0.1) is 6.08 Å². The molecule has 1 radical (unpaired) electrons. The number of fused-ring (bicyclic) bond motifs is 1. The number of quaternary nitrogens is 1. The Kier molecular flexibility index (Phi) is 3.10. The number of para-hydroxylation sites is 1. The van der Waals surface area contributed by atoms with Crippen molar-refractivity contribution in [2.45, 2.75) is 6.54 Å². The zero-order valence-electron chi connectivity index (χ0n) is 12.2. The van der Waals surface area contributed by atoms with E-state index in [0.717, 1.165) is 17.9 Å². The molecule has 0 bridgehead atoms. The number of rotatable bonds is 3. The Balaban J connectivity index is 1.89. The lowest BCUT2D eigenvalue weighted by molar-refractivity contribution is 0.493. The lowest BCUT2D eigenvalue weighted by Gasteiger charge is -2.30. The number of hydrogen-bond donors (Lipinski definition) is 0. The van der Waals surface area contributed by atoms with Crippen molar-refractivity contribution in [1.82, 2.24) is 9.47 Å². The zero-order valence-corrected chi connectivity index (χ0v) is 12.2. The van der Waals surface area contributed by atoms with Gasteiger partial charge >= 0.3 is 0 Å². The van der Waals surface area contributed by atoms with Crippen molar-refractivity contribution in [2.24, 2.45) is 0 Å². The van der Waals surface area contributed by atoms with Crippen LogP contribution in [0.5, 0.6) is 0 Å². The first kappa shape index (κ1) is 13.0. The van der Waals surface area contributed by atoms with Gasteiger partial charge in [0, 0.05) is 29.5 Å². The fourth-order valence-corrected chi connectivity index (χ4v) is 3.06. The summed E-state index contributed by atoms with van der Waals surface area (Å²) in [5.74, 6) is 1.02. The maximum Gasteiger partial charge on any atom is 0.237 e. The first-order valence-corrected chi connectivity index (χ1v) is 7.42. The van der Waals surface area contributed by atoms with E-state index in [1.165, 1.54) is 11.3 Å². The van der Waals surface area contributed by atoms with Crippen LogP contribution in [-0.2, 0) is 6.54 Å². The van der Waals surface area contributed by atoms with Gasteiger partial charge in [-0.15, -0.1) is 0 Å². The summed E-state index contributed by atoms with van der Waals surface area (Å²) in [5.41, 5.74) is 3.65. The molecule has 1 unspecified atom stereocenters. The molecule has 2 nitrogen and oxygen atoms in total. The van der Waals surface area contributed by atoms with E-state index in [1.54, 1.807) is 0 Å². The van der Waals surface area contributed by atoms with Crippen LogP contribution >= 0.6 is 0 Å². The van der Waals surface area contributed by atoms with Gasteiger partial charge in [0.25, 0.3) is 0 Å². The summed E-state index contributed by atoms with van der Waals surface area (Å²) in [6, 6.07) is 25.1. The summed E-state index contributed by atoms with van der Waals surface area (Å²) in [7, 11) is 0. The van der Waals surface area contributed by atoms with Crippen LogP contribution in [0.2, 0.25) is 0 Å². The van der Waals surface area contributed by atoms with Gasteiger partial charge in [-0.25, -0.2) is 9.47 Å². The highest BCUT2D eigenvalue weighted by Crippen LogP contribution is 2.42. The van der Waals surface area contributed by atoms with E-state index in [1.807, 2.05) is 18.3 Å². The molecule has 0 N–H and O–H groups in total. The minimum absolute atomic E-state index is 0.584. The number of aromatic nitrogens is 1. The average Bonchev–Trinajstić information content (AvgIpc) is 2.97. The molecule has 1 aliphatic rings. The Morgan fingerprint density at radius 3 is 2.41 bits per heavy atom. The van der Waals surface area contributed by atoms with Gasteiger partial charge in [-0.1, -0.05) is 48.5 Å². The van der Waals surface area contributed by atoms with E-state index < -0.39 is 0 Å². The Morgan fingerprint density at radius 1 is 0.818 bits per heavy atom. The third-order valence-corrected chi connectivity index (χ3v) is 4.11. The first-order chi connectivity index (χ1) is 10.9. The molecular weight excluding hydrogens is 268 g/mol. The smallest absolute Gasteiger partial charge is 0.211 e. The molecule has 0 spiro atoms. The third kappa shape index (κ3) is 2.05. The highest BCUT2D eigenvalue weighted by molar-refractivity contribution is 5.67. The predicted molar refractivity (Wildman–Crippen MR) is 89.2 cm³/mol. The van der Waals surface area contributed by atoms with Gasteiger partial charge < -0.3 is 0 Å². The van der Waals surface area contributed by atoms with Crippen LogP contribution in [0, 0.1) is 6.08 Å². The van der Waals surface area contributed by atoms with Crippen molar-refractivity contribution < 1.29 is 0 Å². The fourth-order valence-electron chi connectivity index (χ4n) is 3.06. The molecule has 1 aliphatic heterocycles. The van der Waals surface area contributed by atoms with Gasteiger partial charge in [0.15, 0.2) is 5.69 Å². The van der Waals surface area contributed by atoms with E-state index in [9.17, 15) is 0 Å². The van der Waals surface area contributed by atoms with E-state index >= 15 is 0 Å². The van der Waals surface area contributed by atoms with Gasteiger partial charge in [-0.2, -0.15) is 0 Å². The molecule has 2 heteroatoms. The number of hydrogen-bond acceptors (Lipinski definition) is 1. The van der Waals surface area contributed by atoms with Crippen molar-refractivity contribution in [3.63, 3.8) is 0 Å². The van der Waals surface area contributed by atoms with Crippen molar-refractivity contribution >= 4 is 11.5 Å². The molecule has 2 heterocycles. The lowest BCUT2D eigenvalue weighted by Crippen LogP contribution is -2.36. The Bertz CT molecular complexity index is 809. The maximum atomic E-state index is 4.63. The number of benzene rings is 2. The van der Waals surface area contributed by atoms with Crippen LogP contribution in [0.4, 0.5) is 11.5 Å². The summed E-state index contributed by atoms with van der Waals surface area (Å²) in [6.07, 6.45) is 7.40. The zero-order chi connectivity index (χ0) is 14.8. The van der Waals surface area contributed by atoms with Gasteiger partial charge in [-0.3, -0.25) is 0 Å². The number of nitrogens with zero attached hydrogens (tertiary/aromatic N) is 2. The van der Waals surface area contributed by atoms with E-state index in [-0.39, 0.29) is 0 Å². The molecule has 4 rings (SSSR count). The standard InChI is InChI=1S/C20H16N2/c1-2-8-17(9-3-1)16-22(20-12-6-7-14-21-20)15-13-18-10-4-5-11-19(18)22/h1-12,14-15H,16H2/q+1. The minimum atomic E-state index is 0.584. The molecule has 1 atom stereocenters. The normalized spacial score (nSPS) is 19.1. The largest absolute Gasteiger partial charge is 0.237 e. The molecule has 1 aromatic heterocycles. The summed E-state index contributed by atoms with van der Waals surface area (Å²) >= 11 is 0. The topological polar surface area (TPSA) is 12.9 Å². The second-order valence-corrected chi connectivity index (χ2v) is 5.49. The molecule has 105 valence electrons. The van der Waals surface area contributed by atoms with Crippen molar-refractivity contribution in [2.75, 3.05) is 0 Å². The minimum Gasteiger partial charge on any atom is -0.211 e. The Labute approximate surface area is 130 Å². The Morgan fingerprint density at radius 2 is 1.59 bits per heavy atom. The fraction of sp³-hybridized carbons (Fsp3) is 0.0500. The molecule has 3 aromatic rings. The van der Waals surface area contributed by atoms with Crippen LogP contribution in [0.1, 0.15) is 11.1 Å². The van der Waals surface area contributed by atoms with Gasteiger partial charge in [0.2, 0.25) is 5.82 Å². The van der Waals surface area contributed by atoms with Crippen LogP contribution < -0.4 is 4.48 Å². The second kappa shape index (κ2) is 5.24. The Hall–Kier alpha value is -2.71. The molecule has 22 heavy (non-hydrogen) atoms. The quantitative estimate of drug-likeness (QED) is 0.641. The van der Waals surface area contributed by atoms with E-state index in [0.29, 0.717) is 4.48 Å². The molecule has 0 fully saturated rings. The van der Waals surface area contributed by atoms with E-state index in [2.05, 4.69) is 77.9 Å². The summed E-state index contributed by atoms with van der Waals surface area (Å²) in [5, 5.41) is 0. The molecule has 0 amide bonds. The monoisotopic (exact) mass is 284 g/mol. The molecular formula is C20H16N2+. The van der Waals surface area contributed by atoms with Gasteiger partial charge in [0.1, 0.15) is 12.7 Å². The SMILES string of the molecule is [C]1=C[N+](Cc2ccccc2)(c2ccccn2)c2ccccc21. The molecule has 0 saturated heterocycles. The first-order valence-electron chi connectivity index (χ1n) is 7.42. The summed E-state index contributed by atoms with van der Waals surface area (Å²) < 4.78 is 0.584. The predicted octanol–water partition coefficient (Wildman–Crippen LogP) is 4.60. The summed E-state index contributed by atoms with van der Waals surface area (Å²) in [4.78, 5) is 4.63. The van der Waals surface area contributed by atoms with Gasteiger partial charge in [-0.05, 0) is 12.1 Å². The maximum absolute atomic E-state index is 4.63. The van der Waals surface area contributed by atoms with Crippen molar-refractivity contribution in [3.8, 4) is 0 Å². The molecule has 0 saturated carbocycles. The second-order valence-electron chi connectivity index (χ2n) is 5.49. The highest BCUT2D eigenvalue weighted by Gasteiger charge is 2.38. The van der Waals surface area contributed by atoms with Crippen LogP contribution in [-0.4, -0.2) is 4.98 Å². The third-order valence-electron chi connectivity index (χ3n) is 4.11. The average molecular weight is 284 g/mol. The molecule has 0 aliphatic carbocycles. The number of pyridine rings is 1. The lowest BCUT2D eigenvalue weighted by atomic mass is 10.1. The molecule has 2 aromatic carbocycles. The van der Waals surface area contributed by atoms with Crippen LogP contribution in [0.3, 0.4) is 0 Å².